The summed E-state index contributed by atoms with van der Waals surface area (Å²) >= 11 is 0. The number of carboxylic acids is 1. The topological polar surface area (TPSA) is 104 Å². The molecule has 0 radical (unpaired) electrons. The predicted molar refractivity (Wildman–Crippen MR) is 120 cm³/mol. The van der Waals surface area contributed by atoms with Crippen molar-refractivity contribution in [2.24, 2.45) is 0 Å². The quantitative estimate of drug-likeness (QED) is 0.617. The van der Waals surface area contributed by atoms with Gasteiger partial charge in [0.1, 0.15) is 0 Å². The molecule has 0 atom stereocenters. The van der Waals surface area contributed by atoms with Crippen LogP contribution in [0, 0.1) is 6.92 Å². The normalized spacial score (nSPS) is 13.9. The zero-order chi connectivity index (χ0) is 22.9. The largest absolute Gasteiger partial charge is 0.478 e. The highest BCUT2D eigenvalue weighted by molar-refractivity contribution is 7.89. The fourth-order valence-corrected chi connectivity index (χ4v) is 5.28. The van der Waals surface area contributed by atoms with E-state index >= 15 is 0 Å². The second kappa shape index (κ2) is 8.57. The number of rotatable bonds is 5. The molecule has 0 aliphatic carbocycles. The minimum atomic E-state index is -3.80. The molecule has 0 aromatic heterocycles. The smallest absolute Gasteiger partial charge is 0.337 e. The average Bonchev–Trinajstić information content (AvgIpc) is 2.80. The molecule has 0 spiro atoms. The zero-order valence-corrected chi connectivity index (χ0v) is 18.2. The first-order chi connectivity index (χ1) is 15.3. The van der Waals surface area contributed by atoms with Gasteiger partial charge in [-0.1, -0.05) is 42.5 Å². The van der Waals surface area contributed by atoms with Crippen LogP contribution in [0.5, 0.6) is 0 Å². The number of carbonyl (C=O) groups is 2. The lowest BCUT2D eigenvalue weighted by Gasteiger charge is -2.28. The zero-order valence-electron chi connectivity index (χ0n) is 17.4. The first-order valence-corrected chi connectivity index (χ1v) is 11.5. The van der Waals surface area contributed by atoms with Crippen molar-refractivity contribution in [2.45, 2.75) is 24.8 Å². The van der Waals surface area contributed by atoms with Crippen molar-refractivity contribution in [3.05, 3.63) is 94.5 Å². The van der Waals surface area contributed by atoms with E-state index in [4.69, 9.17) is 0 Å². The molecule has 2 N–H and O–H groups in total. The van der Waals surface area contributed by atoms with Crippen molar-refractivity contribution in [1.82, 2.24) is 4.31 Å². The molecule has 0 unspecified atom stereocenters. The minimum absolute atomic E-state index is 0.0211. The van der Waals surface area contributed by atoms with Gasteiger partial charge in [-0.05, 0) is 54.3 Å². The predicted octanol–water partition coefficient (Wildman–Crippen LogP) is 3.69. The molecule has 164 valence electrons. The number of aryl methyl sites for hydroxylation is 1. The molecule has 1 heterocycles. The molecule has 0 saturated carbocycles. The van der Waals surface area contributed by atoms with Gasteiger partial charge in [-0.15, -0.1) is 0 Å². The van der Waals surface area contributed by atoms with Gasteiger partial charge in [0, 0.05) is 18.7 Å². The number of nitrogens with zero attached hydrogens (tertiary/aromatic N) is 1. The number of benzene rings is 3. The van der Waals surface area contributed by atoms with Gasteiger partial charge in [0.25, 0.3) is 5.91 Å². The molecule has 3 aromatic rings. The van der Waals surface area contributed by atoms with Crippen molar-refractivity contribution in [3.8, 4) is 0 Å². The third-order valence-electron chi connectivity index (χ3n) is 5.57. The number of nitrogens with one attached hydrogen (secondary N) is 1. The van der Waals surface area contributed by atoms with E-state index in [1.807, 2.05) is 24.3 Å². The fraction of sp³-hybridized carbons (Fsp3) is 0.167. The van der Waals surface area contributed by atoms with E-state index in [2.05, 4.69) is 5.32 Å². The summed E-state index contributed by atoms with van der Waals surface area (Å²) in [6.07, 6.45) is 0.626. The van der Waals surface area contributed by atoms with Crippen molar-refractivity contribution < 1.29 is 23.1 Å². The van der Waals surface area contributed by atoms with Crippen molar-refractivity contribution in [1.29, 1.82) is 0 Å². The van der Waals surface area contributed by atoms with Crippen LogP contribution in [0.3, 0.4) is 0 Å². The number of sulfonamides is 1. The molecule has 3 aromatic carbocycles. The summed E-state index contributed by atoms with van der Waals surface area (Å²) in [5, 5.41) is 12.0. The maximum absolute atomic E-state index is 13.2. The highest BCUT2D eigenvalue weighted by Crippen LogP contribution is 2.26. The molecule has 0 bridgehead atoms. The van der Waals surface area contributed by atoms with Crippen LogP contribution in [0.15, 0.2) is 71.6 Å². The third kappa shape index (κ3) is 4.15. The van der Waals surface area contributed by atoms with Crippen LogP contribution in [-0.2, 0) is 23.0 Å². The van der Waals surface area contributed by atoms with Crippen LogP contribution in [0.25, 0.3) is 0 Å². The van der Waals surface area contributed by atoms with Crippen LogP contribution < -0.4 is 5.32 Å². The first-order valence-electron chi connectivity index (χ1n) is 10.1. The number of hydrogen-bond donors (Lipinski definition) is 2. The van der Waals surface area contributed by atoms with Gasteiger partial charge < -0.3 is 10.4 Å². The Morgan fingerprint density at radius 3 is 2.44 bits per heavy atom. The Balaban J connectivity index is 1.60. The van der Waals surface area contributed by atoms with Gasteiger partial charge >= 0.3 is 5.97 Å². The number of anilines is 1. The molecule has 0 saturated heterocycles. The standard InChI is InChI=1S/C24H22N2O5S/c1-16-6-4-11-21(24(28)29)22(16)25-23(27)18-9-5-10-20(14-18)32(30,31)26-13-12-17-7-2-3-8-19(17)15-26/h2-11,14H,12-13,15H2,1H3,(H,25,27)(H,28,29). The molecular weight excluding hydrogens is 428 g/mol. The molecule has 1 aliphatic heterocycles. The van der Waals surface area contributed by atoms with Crippen LogP contribution in [-0.4, -0.2) is 36.3 Å². The molecule has 1 aliphatic rings. The summed E-state index contributed by atoms with van der Waals surface area (Å²) in [6.45, 7) is 2.33. The van der Waals surface area contributed by atoms with Gasteiger partial charge in [-0.25, -0.2) is 13.2 Å². The van der Waals surface area contributed by atoms with Gasteiger partial charge in [0.05, 0.1) is 16.1 Å². The van der Waals surface area contributed by atoms with Crippen molar-refractivity contribution >= 4 is 27.6 Å². The van der Waals surface area contributed by atoms with E-state index in [9.17, 15) is 23.1 Å². The number of hydrogen-bond acceptors (Lipinski definition) is 4. The number of para-hydroxylation sites is 1. The van der Waals surface area contributed by atoms with Crippen molar-refractivity contribution in [3.63, 3.8) is 0 Å². The van der Waals surface area contributed by atoms with Crippen LogP contribution in [0.2, 0.25) is 0 Å². The van der Waals surface area contributed by atoms with Crippen LogP contribution in [0.4, 0.5) is 5.69 Å². The number of aromatic carboxylic acids is 1. The Kier molecular flexibility index (Phi) is 5.82. The SMILES string of the molecule is Cc1cccc(C(=O)O)c1NC(=O)c1cccc(S(=O)(=O)N2CCc3ccccc3C2)c1. The lowest BCUT2D eigenvalue weighted by atomic mass is 10.0. The van der Waals surface area contributed by atoms with E-state index in [1.165, 1.54) is 34.6 Å². The maximum Gasteiger partial charge on any atom is 0.337 e. The lowest BCUT2D eigenvalue weighted by molar-refractivity contribution is 0.0698. The summed E-state index contributed by atoms with van der Waals surface area (Å²) in [5.41, 5.74) is 2.98. The van der Waals surface area contributed by atoms with Crippen molar-refractivity contribution in [2.75, 3.05) is 11.9 Å². The Bertz CT molecular complexity index is 1320. The van der Waals surface area contributed by atoms with Gasteiger partial charge in [-0.3, -0.25) is 4.79 Å². The summed E-state index contributed by atoms with van der Waals surface area (Å²) in [5.74, 6) is -1.74. The van der Waals surface area contributed by atoms with Crippen LogP contribution >= 0.6 is 0 Å². The Morgan fingerprint density at radius 1 is 0.969 bits per heavy atom. The third-order valence-corrected chi connectivity index (χ3v) is 7.41. The molecule has 8 heteroatoms. The number of carboxylic acid groups (broad SMARTS) is 1. The van der Waals surface area contributed by atoms with Gasteiger partial charge in [-0.2, -0.15) is 4.31 Å². The van der Waals surface area contributed by atoms with E-state index in [1.54, 1.807) is 19.1 Å². The van der Waals surface area contributed by atoms with Gasteiger partial charge in [0.15, 0.2) is 0 Å². The molecule has 0 fully saturated rings. The van der Waals surface area contributed by atoms with E-state index in [-0.39, 0.29) is 28.3 Å². The number of fused-ring (bicyclic) bond motifs is 1. The van der Waals surface area contributed by atoms with E-state index in [0.717, 1.165) is 11.1 Å². The fourth-order valence-electron chi connectivity index (χ4n) is 3.82. The number of carbonyl (C=O) groups excluding carboxylic acids is 1. The second-order valence-corrected chi connectivity index (χ2v) is 9.58. The lowest BCUT2D eigenvalue weighted by Crippen LogP contribution is -2.36. The minimum Gasteiger partial charge on any atom is -0.478 e. The van der Waals surface area contributed by atoms with E-state index < -0.39 is 21.9 Å². The monoisotopic (exact) mass is 450 g/mol. The summed E-state index contributed by atoms with van der Waals surface area (Å²) < 4.78 is 27.9. The maximum atomic E-state index is 13.2. The highest BCUT2D eigenvalue weighted by atomic mass is 32.2. The Labute approximate surface area is 186 Å². The first kappa shape index (κ1) is 21.7. The van der Waals surface area contributed by atoms with E-state index in [0.29, 0.717) is 18.5 Å². The second-order valence-electron chi connectivity index (χ2n) is 7.64. The average molecular weight is 451 g/mol. The molecular formula is C24H22N2O5S. The molecule has 4 rings (SSSR count). The number of amides is 1. The highest BCUT2D eigenvalue weighted by Gasteiger charge is 2.28. The summed E-state index contributed by atoms with van der Waals surface area (Å²) in [4.78, 5) is 24.4. The molecule has 32 heavy (non-hydrogen) atoms. The Morgan fingerprint density at radius 2 is 1.69 bits per heavy atom. The summed E-state index contributed by atoms with van der Waals surface area (Å²) in [7, 11) is -3.80. The molecule has 7 nitrogen and oxygen atoms in total. The Hall–Kier alpha value is -3.49. The molecule has 1 amide bonds. The summed E-state index contributed by atoms with van der Waals surface area (Å²) in [6, 6.07) is 18.2. The van der Waals surface area contributed by atoms with Crippen LogP contribution in [0.1, 0.15) is 37.4 Å². The van der Waals surface area contributed by atoms with Gasteiger partial charge in [0.2, 0.25) is 10.0 Å².